The maximum absolute atomic E-state index is 10.9. The molecule has 0 aromatic rings. The van der Waals surface area contributed by atoms with Gasteiger partial charge in [0.2, 0.25) is 0 Å². The normalized spacial score (nSPS) is 11.2. The third-order valence-corrected chi connectivity index (χ3v) is 1.93. The maximum Gasteiger partial charge on any atom is 0.183 e. The zero-order valence-corrected chi connectivity index (χ0v) is 7.34. The minimum Gasteiger partial charge on any atom is -0.292 e. The van der Waals surface area contributed by atoms with Crippen LogP contribution in [0.1, 0.15) is 0 Å². The zero-order chi connectivity index (χ0) is 7.98. The van der Waals surface area contributed by atoms with Gasteiger partial charge in [-0.25, -0.2) is 0 Å². The number of rotatable bonds is 4. The van der Waals surface area contributed by atoms with Gasteiger partial charge < -0.3 is 0 Å². The van der Waals surface area contributed by atoms with Crippen LogP contribution in [0.5, 0.6) is 0 Å². The molecule has 0 bridgehead atoms. The molecule has 3 heteroatoms. The molecule has 0 radical (unpaired) electrons. The van der Waals surface area contributed by atoms with Gasteiger partial charge in [-0.15, -0.1) is 23.4 Å². The van der Waals surface area contributed by atoms with Crippen molar-refractivity contribution >= 4 is 29.1 Å². The van der Waals surface area contributed by atoms with E-state index in [1.807, 2.05) is 6.26 Å². The molecule has 0 spiro atoms. The molecule has 0 aliphatic carbocycles. The lowest BCUT2D eigenvalue weighted by Crippen LogP contribution is -1.99. The van der Waals surface area contributed by atoms with Crippen LogP contribution in [0.3, 0.4) is 0 Å². The van der Waals surface area contributed by atoms with Gasteiger partial charge in [-0.2, -0.15) is 0 Å². The van der Waals surface area contributed by atoms with E-state index in [0.717, 1.165) is 0 Å². The van der Waals surface area contributed by atoms with E-state index in [1.165, 1.54) is 11.8 Å². The summed E-state index contributed by atoms with van der Waals surface area (Å²) in [5, 5.41) is 0. The highest BCUT2D eigenvalue weighted by Crippen LogP contribution is 2.12. The number of carbonyl (C=O) groups is 1. The van der Waals surface area contributed by atoms with Crippen LogP contribution in [0.2, 0.25) is 0 Å². The summed E-state index contributed by atoms with van der Waals surface area (Å²) in [7, 11) is 0. The molecule has 0 aromatic carbocycles. The lowest BCUT2D eigenvalue weighted by Gasteiger charge is -1.95. The highest BCUT2D eigenvalue weighted by molar-refractivity contribution is 8.03. The molecular formula is C7H9ClOS. The van der Waals surface area contributed by atoms with E-state index in [9.17, 15) is 4.79 Å². The first-order valence-electron chi connectivity index (χ1n) is 2.72. The molecule has 0 atom stereocenters. The van der Waals surface area contributed by atoms with Gasteiger partial charge in [-0.3, -0.25) is 4.79 Å². The molecule has 0 fully saturated rings. The number of allylic oxidation sites excluding steroid dienone is 3. The number of halogens is 1. The van der Waals surface area contributed by atoms with Crippen molar-refractivity contribution in [1.29, 1.82) is 0 Å². The average Bonchev–Trinajstić information content (AvgIpc) is 1.99. The lowest BCUT2D eigenvalue weighted by molar-refractivity contribution is -0.112. The first-order valence-corrected chi connectivity index (χ1v) is 4.48. The van der Waals surface area contributed by atoms with Crippen molar-refractivity contribution in [2.75, 3.05) is 12.1 Å². The average molecular weight is 177 g/mol. The largest absolute Gasteiger partial charge is 0.292 e. The van der Waals surface area contributed by atoms with Crippen molar-refractivity contribution in [3.05, 3.63) is 23.6 Å². The van der Waals surface area contributed by atoms with Gasteiger partial charge in [-0.1, -0.05) is 12.7 Å². The summed E-state index contributed by atoms with van der Waals surface area (Å²) in [6, 6.07) is 0. The van der Waals surface area contributed by atoms with Crippen LogP contribution < -0.4 is 0 Å². The number of carbonyl (C=O) groups excluding carboxylic acids is 1. The van der Waals surface area contributed by atoms with E-state index >= 15 is 0 Å². The van der Waals surface area contributed by atoms with Crippen molar-refractivity contribution in [1.82, 2.24) is 0 Å². The molecule has 1 nitrogen and oxygen atoms in total. The molecule has 0 saturated carbocycles. The maximum atomic E-state index is 10.9. The second-order valence-corrected chi connectivity index (χ2v) is 2.64. The second kappa shape index (κ2) is 5.57. The Morgan fingerprint density at radius 1 is 1.80 bits per heavy atom. The van der Waals surface area contributed by atoms with Crippen LogP contribution in [0.4, 0.5) is 0 Å². The fourth-order valence-electron chi connectivity index (χ4n) is 0.448. The van der Waals surface area contributed by atoms with Crippen molar-refractivity contribution in [3.8, 4) is 0 Å². The summed E-state index contributed by atoms with van der Waals surface area (Å²) in [6.07, 6.45) is 5.07. The monoisotopic (exact) mass is 176 g/mol. The Labute approximate surface area is 70.1 Å². The molecular weight excluding hydrogens is 168 g/mol. The summed E-state index contributed by atoms with van der Waals surface area (Å²) in [5.74, 6) is -0.00498. The van der Waals surface area contributed by atoms with Crippen molar-refractivity contribution in [3.63, 3.8) is 0 Å². The number of hydrogen-bond acceptors (Lipinski definition) is 2. The van der Waals surface area contributed by atoms with E-state index in [0.29, 0.717) is 4.91 Å². The molecule has 56 valence electrons. The van der Waals surface area contributed by atoms with E-state index in [4.69, 9.17) is 11.6 Å². The Morgan fingerprint density at radius 2 is 2.40 bits per heavy atom. The number of hydrogen-bond donors (Lipinski definition) is 0. The van der Waals surface area contributed by atoms with Crippen LogP contribution in [-0.4, -0.2) is 17.9 Å². The topological polar surface area (TPSA) is 17.1 Å². The number of Topliss-reactive ketones (excluding diaryl/α,β-unsaturated/α-hetero) is 1. The molecule has 10 heavy (non-hydrogen) atoms. The molecule has 0 heterocycles. The summed E-state index contributed by atoms with van der Waals surface area (Å²) in [4.78, 5) is 11.5. The smallest absolute Gasteiger partial charge is 0.183 e. The molecule has 0 saturated heterocycles. The van der Waals surface area contributed by atoms with Crippen molar-refractivity contribution < 1.29 is 4.79 Å². The molecule has 0 N–H and O–H groups in total. The van der Waals surface area contributed by atoms with Gasteiger partial charge in [0.25, 0.3) is 0 Å². The van der Waals surface area contributed by atoms with Gasteiger partial charge in [0, 0.05) is 0 Å². The molecule has 0 aromatic heterocycles. The van der Waals surface area contributed by atoms with E-state index in [1.54, 1.807) is 12.2 Å². The van der Waals surface area contributed by atoms with E-state index < -0.39 is 0 Å². The number of thioether (sulfide) groups is 1. The van der Waals surface area contributed by atoms with Gasteiger partial charge in [-0.05, 0) is 12.3 Å². The predicted octanol–water partition coefficient (Wildman–Crippen LogP) is 2.23. The SMILES string of the molecule is C=C/C=C(\SC)C(=O)CCl. The summed E-state index contributed by atoms with van der Waals surface area (Å²) >= 11 is 6.71. The number of alkyl halides is 1. The fraction of sp³-hybridized carbons (Fsp3) is 0.286. The Kier molecular flexibility index (Phi) is 5.45. The highest BCUT2D eigenvalue weighted by Gasteiger charge is 2.03. The Balaban J connectivity index is 4.19. The molecule has 0 amide bonds. The van der Waals surface area contributed by atoms with Gasteiger partial charge in [0.1, 0.15) is 0 Å². The first-order chi connectivity index (χ1) is 4.76. The molecule has 0 unspecified atom stereocenters. The van der Waals surface area contributed by atoms with E-state index in [2.05, 4.69) is 6.58 Å². The van der Waals surface area contributed by atoms with Crippen LogP contribution >= 0.6 is 23.4 Å². The zero-order valence-electron chi connectivity index (χ0n) is 5.76. The predicted molar refractivity (Wildman–Crippen MR) is 47.5 cm³/mol. The third-order valence-electron chi connectivity index (χ3n) is 0.885. The Bertz CT molecular complexity index is 163. The van der Waals surface area contributed by atoms with Crippen molar-refractivity contribution in [2.24, 2.45) is 0 Å². The fourth-order valence-corrected chi connectivity index (χ4v) is 1.20. The van der Waals surface area contributed by atoms with Gasteiger partial charge in [0.05, 0.1) is 10.8 Å². The van der Waals surface area contributed by atoms with Crippen LogP contribution in [0.15, 0.2) is 23.6 Å². The minimum atomic E-state index is -0.0472. The summed E-state index contributed by atoms with van der Waals surface area (Å²) in [6.45, 7) is 3.48. The molecule has 0 aliphatic heterocycles. The van der Waals surface area contributed by atoms with Crippen LogP contribution in [0.25, 0.3) is 0 Å². The van der Waals surface area contributed by atoms with Gasteiger partial charge in [0.15, 0.2) is 5.78 Å². The van der Waals surface area contributed by atoms with Crippen LogP contribution in [-0.2, 0) is 4.79 Å². The Morgan fingerprint density at radius 3 is 2.70 bits per heavy atom. The third kappa shape index (κ3) is 3.08. The van der Waals surface area contributed by atoms with Crippen LogP contribution in [0, 0.1) is 0 Å². The lowest BCUT2D eigenvalue weighted by atomic mass is 10.4. The molecule has 0 aliphatic rings. The summed E-state index contributed by atoms with van der Waals surface area (Å²) < 4.78 is 0. The van der Waals surface area contributed by atoms with Gasteiger partial charge >= 0.3 is 0 Å². The molecule has 0 rings (SSSR count). The standard InChI is InChI=1S/C7H9ClOS/c1-3-4-7(10-2)6(9)5-8/h3-4H,1,5H2,2H3/b7-4-. The van der Waals surface area contributed by atoms with E-state index in [-0.39, 0.29) is 11.7 Å². The second-order valence-electron chi connectivity index (χ2n) is 1.53. The minimum absolute atomic E-state index is 0.0422. The summed E-state index contributed by atoms with van der Waals surface area (Å²) in [5.41, 5.74) is 0. The first kappa shape index (κ1) is 9.79. The Hall–Kier alpha value is -0.210. The highest BCUT2D eigenvalue weighted by atomic mass is 35.5. The quantitative estimate of drug-likeness (QED) is 0.371. The number of ketones is 1. The van der Waals surface area contributed by atoms with Crippen molar-refractivity contribution in [2.45, 2.75) is 0 Å².